The molecule has 0 radical (unpaired) electrons. The third kappa shape index (κ3) is 3.81. The highest BCUT2D eigenvalue weighted by Gasteiger charge is 2.47. The van der Waals surface area contributed by atoms with Crippen molar-refractivity contribution in [2.75, 3.05) is 0 Å². The first-order chi connectivity index (χ1) is 11.8. The average Bonchev–Trinajstić information content (AvgIpc) is 3.21. The Bertz CT molecular complexity index is 819. The predicted octanol–water partition coefficient (Wildman–Crippen LogP) is 3.28. The Hall–Kier alpha value is -2.42. The van der Waals surface area contributed by atoms with Crippen LogP contribution in [0.1, 0.15) is 39.0 Å². The van der Waals surface area contributed by atoms with Gasteiger partial charge in [0.1, 0.15) is 5.01 Å². The van der Waals surface area contributed by atoms with E-state index in [0.29, 0.717) is 11.4 Å². The second kappa shape index (κ2) is 6.47. The number of amides is 1. The molecule has 0 aliphatic heterocycles. The number of hydrogen-bond acceptors (Lipinski definition) is 4. The van der Waals surface area contributed by atoms with Crippen LogP contribution >= 0.6 is 11.3 Å². The number of aromatic carboxylic acids is 1. The van der Waals surface area contributed by atoms with Crippen LogP contribution in [0.3, 0.4) is 0 Å². The number of nitrogens with one attached hydrogen (secondary N) is 1. The van der Waals surface area contributed by atoms with E-state index in [-0.39, 0.29) is 23.7 Å². The fourth-order valence-electron chi connectivity index (χ4n) is 2.69. The molecule has 0 saturated heterocycles. The smallest absolute Gasteiger partial charge is 0.416 e. The first-order valence-electron chi connectivity index (χ1n) is 7.39. The molecule has 3 rings (SSSR count). The SMILES string of the molecule is O=C(O)c1csc(CNC(=O)[C@H]2C[C@H]2c2ccccc2C(F)(F)F)n1. The van der Waals surface area contributed by atoms with E-state index in [4.69, 9.17) is 5.11 Å². The summed E-state index contributed by atoms with van der Waals surface area (Å²) in [6.45, 7) is 0.0565. The Morgan fingerprint density at radius 1 is 1.32 bits per heavy atom. The minimum atomic E-state index is -4.45. The molecule has 2 atom stereocenters. The molecule has 132 valence electrons. The van der Waals surface area contributed by atoms with Gasteiger partial charge in [0.15, 0.2) is 5.69 Å². The van der Waals surface area contributed by atoms with E-state index in [9.17, 15) is 22.8 Å². The molecule has 25 heavy (non-hydrogen) atoms. The Morgan fingerprint density at radius 2 is 2.04 bits per heavy atom. The maximum Gasteiger partial charge on any atom is 0.416 e. The van der Waals surface area contributed by atoms with Crippen LogP contribution < -0.4 is 5.32 Å². The van der Waals surface area contributed by atoms with E-state index in [1.165, 1.54) is 23.6 Å². The molecule has 2 N–H and O–H groups in total. The standard InChI is InChI=1S/C16H13F3N2O3S/c17-16(18,19)11-4-2-1-3-8(11)9-5-10(9)14(22)20-6-13-21-12(7-25-13)15(23)24/h1-4,7,9-10H,5-6H2,(H,20,22)(H,23,24)/t9-,10-/m0/s1. The number of nitrogens with zero attached hydrogens (tertiary/aromatic N) is 1. The Morgan fingerprint density at radius 3 is 2.68 bits per heavy atom. The van der Waals surface area contributed by atoms with E-state index in [0.717, 1.165) is 17.4 Å². The fraction of sp³-hybridized carbons (Fsp3) is 0.312. The number of aromatic nitrogens is 1. The molecule has 1 aliphatic carbocycles. The Balaban J connectivity index is 1.62. The zero-order chi connectivity index (χ0) is 18.2. The minimum absolute atomic E-state index is 0.0565. The number of hydrogen-bond donors (Lipinski definition) is 2. The number of carbonyl (C=O) groups excluding carboxylic acids is 1. The van der Waals surface area contributed by atoms with Gasteiger partial charge in [0.25, 0.3) is 0 Å². The molecular weight excluding hydrogens is 357 g/mol. The molecule has 2 aromatic rings. The third-order valence-electron chi connectivity index (χ3n) is 3.98. The lowest BCUT2D eigenvalue weighted by atomic mass is 10.0. The summed E-state index contributed by atoms with van der Waals surface area (Å²) in [5.41, 5.74) is -0.670. The topological polar surface area (TPSA) is 79.3 Å². The van der Waals surface area contributed by atoms with Gasteiger partial charge in [-0.3, -0.25) is 4.79 Å². The number of benzene rings is 1. The highest BCUT2D eigenvalue weighted by Crippen LogP contribution is 2.51. The van der Waals surface area contributed by atoms with Crippen molar-refractivity contribution in [1.82, 2.24) is 10.3 Å². The number of carboxylic acid groups (broad SMARTS) is 1. The Labute approximate surface area is 144 Å². The van der Waals surface area contributed by atoms with Gasteiger partial charge in [-0.05, 0) is 24.0 Å². The number of carbonyl (C=O) groups is 2. The van der Waals surface area contributed by atoms with Crippen LogP contribution in [-0.2, 0) is 17.5 Å². The molecule has 0 unspecified atom stereocenters. The molecule has 9 heteroatoms. The summed E-state index contributed by atoms with van der Waals surface area (Å²) in [4.78, 5) is 26.7. The minimum Gasteiger partial charge on any atom is -0.476 e. The van der Waals surface area contributed by atoms with Crippen molar-refractivity contribution in [1.29, 1.82) is 0 Å². The highest BCUT2D eigenvalue weighted by molar-refractivity contribution is 7.09. The lowest BCUT2D eigenvalue weighted by molar-refractivity contribution is -0.138. The number of alkyl halides is 3. The maximum absolute atomic E-state index is 13.0. The van der Waals surface area contributed by atoms with Crippen LogP contribution in [0.4, 0.5) is 13.2 Å². The zero-order valence-electron chi connectivity index (χ0n) is 12.7. The summed E-state index contributed by atoms with van der Waals surface area (Å²) >= 11 is 1.10. The lowest BCUT2D eigenvalue weighted by Gasteiger charge is -2.12. The summed E-state index contributed by atoms with van der Waals surface area (Å²) in [5.74, 6) is -2.47. The monoisotopic (exact) mass is 370 g/mol. The van der Waals surface area contributed by atoms with E-state index >= 15 is 0 Å². The average molecular weight is 370 g/mol. The van der Waals surface area contributed by atoms with Crippen molar-refractivity contribution in [2.24, 2.45) is 5.92 Å². The van der Waals surface area contributed by atoms with Gasteiger partial charge in [0.2, 0.25) is 5.91 Å². The molecule has 0 spiro atoms. The van der Waals surface area contributed by atoms with Gasteiger partial charge >= 0.3 is 12.1 Å². The van der Waals surface area contributed by atoms with Gasteiger partial charge in [-0.25, -0.2) is 9.78 Å². The van der Waals surface area contributed by atoms with Crippen LogP contribution in [0.5, 0.6) is 0 Å². The van der Waals surface area contributed by atoms with Crippen molar-refractivity contribution < 1.29 is 27.9 Å². The summed E-state index contributed by atoms with van der Waals surface area (Å²) in [6, 6.07) is 5.28. The summed E-state index contributed by atoms with van der Waals surface area (Å²) in [5, 5.41) is 13.2. The molecule has 5 nitrogen and oxygen atoms in total. The molecule has 1 aliphatic rings. The molecule has 1 amide bonds. The largest absolute Gasteiger partial charge is 0.476 e. The van der Waals surface area contributed by atoms with Crippen molar-refractivity contribution in [3.63, 3.8) is 0 Å². The molecular formula is C16H13F3N2O3S. The molecule has 1 aromatic carbocycles. The van der Waals surface area contributed by atoms with Gasteiger partial charge in [-0.15, -0.1) is 11.3 Å². The number of halogens is 3. The van der Waals surface area contributed by atoms with Crippen LogP contribution in [0.15, 0.2) is 29.6 Å². The van der Waals surface area contributed by atoms with Crippen molar-refractivity contribution >= 4 is 23.2 Å². The van der Waals surface area contributed by atoms with Gasteiger partial charge < -0.3 is 10.4 Å². The first-order valence-corrected chi connectivity index (χ1v) is 8.27. The van der Waals surface area contributed by atoms with Gasteiger partial charge in [0.05, 0.1) is 12.1 Å². The van der Waals surface area contributed by atoms with Crippen LogP contribution in [-0.4, -0.2) is 22.0 Å². The molecule has 1 aromatic heterocycles. The lowest BCUT2D eigenvalue weighted by Crippen LogP contribution is -2.25. The molecule has 0 bridgehead atoms. The summed E-state index contributed by atoms with van der Waals surface area (Å²) in [6.07, 6.45) is -4.09. The molecule has 1 saturated carbocycles. The Kier molecular flexibility index (Phi) is 4.51. The highest BCUT2D eigenvalue weighted by atomic mass is 32.1. The van der Waals surface area contributed by atoms with E-state index < -0.39 is 29.5 Å². The summed E-state index contributed by atoms with van der Waals surface area (Å²) < 4.78 is 39.1. The summed E-state index contributed by atoms with van der Waals surface area (Å²) in [7, 11) is 0. The second-order valence-corrected chi connectivity index (χ2v) is 6.63. The van der Waals surface area contributed by atoms with Crippen molar-refractivity contribution in [2.45, 2.75) is 25.1 Å². The molecule has 1 fully saturated rings. The first kappa shape index (κ1) is 17.4. The quantitative estimate of drug-likeness (QED) is 0.847. The van der Waals surface area contributed by atoms with Crippen molar-refractivity contribution in [3.05, 3.63) is 51.5 Å². The second-order valence-electron chi connectivity index (χ2n) is 5.68. The number of rotatable bonds is 5. The van der Waals surface area contributed by atoms with E-state index in [1.54, 1.807) is 0 Å². The predicted molar refractivity (Wildman–Crippen MR) is 83.2 cm³/mol. The molecule has 1 heterocycles. The van der Waals surface area contributed by atoms with Gasteiger partial charge in [-0.2, -0.15) is 13.2 Å². The van der Waals surface area contributed by atoms with Crippen LogP contribution in [0.2, 0.25) is 0 Å². The fourth-order valence-corrected chi connectivity index (χ4v) is 3.40. The van der Waals surface area contributed by atoms with Crippen LogP contribution in [0, 0.1) is 5.92 Å². The van der Waals surface area contributed by atoms with E-state index in [1.807, 2.05) is 0 Å². The number of carboxylic acids is 1. The number of thiazole rings is 1. The maximum atomic E-state index is 13.0. The van der Waals surface area contributed by atoms with Gasteiger partial charge in [-0.1, -0.05) is 18.2 Å². The van der Waals surface area contributed by atoms with Crippen molar-refractivity contribution in [3.8, 4) is 0 Å². The third-order valence-corrected chi connectivity index (χ3v) is 4.83. The zero-order valence-corrected chi connectivity index (χ0v) is 13.5. The van der Waals surface area contributed by atoms with E-state index in [2.05, 4.69) is 10.3 Å². The normalized spacial score (nSPS) is 19.5. The van der Waals surface area contributed by atoms with Crippen LogP contribution in [0.25, 0.3) is 0 Å². The van der Waals surface area contributed by atoms with Gasteiger partial charge in [0, 0.05) is 11.3 Å².